The number of anilines is 1. The van der Waals surface area contributed by atoms with Gasteiger partial charge in [0.15, 0.2) is 17.3 Å². The molecular formula is C26H25NO4. The number of Topliss-reactive ketones (excluding diaryl/α,β-unsaturated/α-hetero) is 1. The van der Waals surface area contributed by atoms with Gasteiger partial charge in [0.25, 0.3) is 0 Å². The maximum Gasteiger partial charge on any atom is 0.203 e. The van der Waals surface area contributed by atoms with Crippen molar-refractivity contribution in [2.45, 2.75) is 25.2 Å². The van der Waals surface area contributed by atoms with Gasteiger partial charge in [-0.15, -0.1) is 0 Å². The summed E-state index contributed by atoms with van der Waals surface area (Å²) in [5.41, 5.74) is 4.99. The molecule has 0 aromatic heterocycles. The molecule has 0 saturated carbocycles. The van der Waals surface area contributed by atoms with Gasteiger partial charge < -0.3 is 19.5 Å². The van der Waals surface area contributed by atoms with Gasteiger partial charge in [-0.2, -0.15) is 0 Å². The zero-order valence-corrected chi connectivity index (χ0v) is 18.0. The van der Waals surface area contributed by atoms with Crippen molar-refractivity contribution < 1.29 is 19.0 Å². The van der Waals surface area contributed by atoms with Gasteiger partial charge in [-0.3, -0.25) is 4.79 Å². The Hall–Kier alpha value is -3.47. The largest absolute Gasteiger partial charge is 0.493 e. The van der Waals surface area contributed by atoms with Crippen LogP contribution in [0.5, 0.6) is 17.2 Å². The van der Waals surface area contributed by atoms with E-state index in [1.165, 1.54) is 0 Å². The summed E-state index contributed by atoms with van der Waals surface area (Å²) >= 11 is 0. The Morgan fingerprint density at radius 1 is 0.903 bits per heavy atom. The van der Waals surface area contributed by atoms with Gasteiger partial charge in [0, 0.05) is 29.3 Å². The maximum absolute atomic E-state index is 13.2. The number of hydrogen-bond donors (Lipinski definition) is 1. The van der Waals surface area contributed by atoms with Gasteiger partial charge in [-0.25, -0.2) is 0 Å². The van der Waals surface area contributed by atoms with E-state index in [-0.39, 0.29) is 11.7 Å². The number of carbonyl (C=O) groups excluding carboxylic acids is 1. The summed E-state index contributed by atoms with van der Waals surface area (Å²) in [5, 5.41) is 5.85. The average Bonchev–Trinajstić information content (AvgIpc) is 2.81. The Labute approximate surface area is 181 Å². The SMILES string of the molecule is COc1cc([C@@H]2C3=C(CCCC3=O)Nc3ccc4ccccc4c32)cc(OC)c1OC. The van der Waals surface area contributed by atoms with Crippen LogP contribution in [0.1, 0.15) is 36.3 Å². The molecule has 1 aliphatic heterocycles. The van der Waals surface area contributed by atoms with E-state index in [9.17, 15) is 4.79 Å². The van der Waals surface area contributed by atoms with Crippen LogP contribution in [-0.2, 0) is 4.79 Å². The van der Waals surface area contributed by atoms with Crippen molar-refractivity contribution in [3.05, 3.63) is 70.9 Å². The molecule has 0 radical (unpaired) electrons. The first kappa shape index (κ1) is 19.5. The fourth-order valence-electron chi connectivity index (χ4n) is 4.95. The third-order valence-electron chi connectivity index (χ3n) is 6.31. The van der Waals surface area contributed by atoms with Crippen molar-refractivity contribution in [2.24, 2.45) is 0 Å². The third kappa shape index (κ3) is 3.03. The molecule has 3 aromatic carbocycles. The average molecular weight is 415 g/mol. The van der Waals surface area contributed by atoms with E-state index in [0.717, 1.165) is 51.7 Å². The van der Waals surface area contributed by atoms with Crippen molar-refractivity contribution in [1.82, 2.24) is 0 Å². The van der Waals surface area contributed by atoms with Crippen molar-refractivity contribution in [1.29, 1.82) is 0 Å². The number of hydrogen-bond acceptors (Lipinski definition) is 5. The molecule has 0 unspecified atom stereocenters. The minimum atomic E-state index is -0.209. The number of rotatable bonds is 4. The number of ketones is 1. The van der Waals surface area contributed by atoms with Crippen molar-refractivity contribution in [3.63, 3.8) is 0 Å². The molecule has 2 aliphatic rings. The summed E-state index contributed by atoms with van der Waals surface area (Å²) < 4.78 is 16.8. The normalized spacial score (nSPS) is 17.6. The van der Waals surface area contributed by atoms with Crippen LogP contribution >= 0.6 is 0 Å². The van der Waals surface area contributed by atoms with Crippen molar-refractivity contribution in [3.8, 4) is 17.2 Å². The first-order chi connectivity index (χ1) is 15.2. The Morgan fingerprint density at radius 3 is 2.35 bits per heavy atom. The molecule has 0 saturated heterocycles. The fraction of sp³-hybridized carbons (Fsp3) is 0.269. The molecule has 1 heterocycles. The minimum absolute atomic E-state index is 0.200. The molecule has 5 heteroatoms. The van der Waals surface area contributed by atoms with E-state index in [4.69, 9.17) is 14.2 Å². The van der Waals surface area contributed by atoms with Crippen LogP contribution in [0.4, 0.5) is 5.69 Å². The highest BCUT2D eigenvalue weighted by molar-refractivity contribution is 6.04. The summed E-state index contributed by atoms with van der Waals surface area (Å²) in [5.74, 6) is 1.71. The monoisotopic (exact) mass is 415 g/mol. The molecule has 1 atom stereocenters. The highest BCUT2D eigenvalue weighted by Crippen LogP contribution is 2.50. The van der Waals surface area contributed by atoms with E-state index in [1.807, 2.05) is 24.3 Å². The number of methoxy groups -OCH3 is 3. The standard InChI is InChI=1S/C26H25NO4/c1-29-21-13-16(14-22(30-2)26(21)31-3)23-24-17-8-5-4-7-15(17)11-12-19(24)27-18-9-6-10-20(28)25(18)23/h4-5,7-8,11-14,23,27H,6,9-10H2,1-3H3/t23-/m0/s1. The number of benzene rings is 3. The molecule has 0 fully saturated rings. The smallest absolute Gasteiger partial charge is 0.203 e. The number of nitrogens with one attached hydrogen (secondary N) is 1. The molecule has 5 rings (SSSR count). The van der Waals surface area contributed by atoms with E-state index in [0.29, 0.717) is 23.7 Å². The van der Waals surface area contributed by atoms with Crippen LogP contribution in [-0.4, -0.2) is 27.1 Å². The molecule has 5 nitrogen and oxygen atoms in total. The highest BCUT2D eigenvalue weighted by Gasteiger charge is 2.37. The second-order valence-corrected chi connectivity index (χ2v) is 7.93. The van der Waals surface area contributed by atoms with Gasteiger partial charge in [-0.05, 0) is 52.9 Å². The minimum Gasteiger partial charge on any atom is -0.493 e. The molecule has 158 valence electrons. The predicted molar refractivity (Wildman–Crippen MR) is 121 cm³/mol. The summed E-state index contributed by atoms with van der Waals surface area (Å²) in [7, 11) is 4.82. The predicted octanol–water partition coefficient (Wildman–Crippen LogP) is 5.43. The van der Waals surface area contributed by atoms with E-state index < -0.39 is 0 Å². The number of carbonyl (C=O) groups is 1. The quantitative estimate of drug-likeness (QED) is 0.616. The van der Waals surface area contributed by atoms with Crippen LogP contribution in [0.2, 0.25) is 0 Å². The second-order valence-electron chi connectivity index (χ2n) is 7.93. The third-order valence-corrected chi connectivity index (χ3v) is 6.31. The number of fused-ring (bicyclic) bond motifs is 3. The summed E-state index contributed by atoms with van der Waals surface area (Å²) in [6.07, 6.45) is 2.31. The molecule has 3 aromatic rings. The molecule has 0 amide bonds. The Kier molecular flexibility index (Phi) is 4.81. The molecule has 1 N–H and O–H groups in total. The van der Waals surface area contributed by atoms with E-state index in [1.54, 1.807) is 21.3 Å². The van der Waals surface area contributed by atoms with Crippen LogP contribution < -0.4 is 19.5 Å². The van der Waals surface area contributed by atoms with Crippen LogP contribution in [0.3, 0.4) is 0 Å². The zero-order chi connectivity index (χ0) is 21.5. The Balaban J connectivity index is 1.83. The summed E-state index contributed by atoms with van der Waals surface area (Å²) in [4.78, 5) is 13.2. The molecule has 31 heavy (non-hydrogen) atoms. The maximum atomic E-state index is 13.2. The molecule has 1 aliphatic carbocycles. The van der Waals surface area contributed by atoms with Crippen LogP contribution in [0.25, 0.3) is 10.8 Å². The van der Waals surface area contributed by atoms with Crippen LogP contribution in [0, 0.1) is 0 Å². The van der Waals surface area contributed by atoms with Gasteiger partial charge >= 0.3 is 0 Å². The zero-order valence-electron chi connectivity index (χ0n) is 18.0. The van der Waals surface area contributed by atoms with Crippen molar-refractivity contribution in [2.75, 3.05) is 26.6 Å². The van der Waals surface area contributed by atoms with E-state index in [2.05, 4.69) is 29.6 Å². The van der Waals surface area contributed by atoms with Gasteiger partial charge in [0.1, 0.15) is 0 Å². The van der Waals surface area contributed by atoms with Gasteiger partial charge in [-0.1, -0.05) is 30.3 Å². The lowest BCUT2D eigenvalue weighted by Gasteiger charge is -2.35. The highest BCUT2D eigenvalue weighted by atomic mass is 16.5. The summed E-state index contributed by atoms with van der Waals surface area (Å²) in [6, 6.07) is 16.5. The number of allylic oxidation sites excluding steroid dienone is 2. The first-order valence-corrected chi connectivity index (χ1v) is 10.5. The van der Waals surface area contributed by atoms with Crippen LogP contribution in [0.15, 0.2) is 59.8 Å². The lowest BCUT2D eigenvalue weighted by atomic mass is 9.74. The van der Waals surface area contributed by atoms with Gasteiger partial charge in [0.2, 0.25) is 5.75 Å². The second kappa shape index (κ2) is 7.65. The Bertz CT molecular complexity index is 1200. The van der Waals surface area contributed by atoms with Crippen molar-refractivity contribution >= 4 is 22.2 Å². The van der Waals surface area contributed by atoms with Gasteiger partial charge in [0.05, 0.1) is 21.3 Å². The lowest BCUT2D eigenvalue weighted by Crippen LogP contribution is -2.27. The summed E-state index contributed by atoms with van der Waals surface area (Å²) in [6.45, 7) is 0. The Morgan fingerprint density at radius 2 is 1.65 bits per heavy atom. The molecule has 0 bridgehead atoms. The van der Waals surface area contributed by atoms with E-state index >= 15 is 0 Å². The lowest BCUT2D eigenvalue weighted by molar-refractivity contribution is -0.116. The molecular weight excluding hydrogens is 390 g/mol. The molecule has 0 spiro atoms. The topological polar surface area (TPSA) is 56.8 Å². The number of ether oxygens (including phenoxy) is 3. The first-order valence-electron chi connectivity index (χ1n) is 10.5. The fourth-order valence-corrected chi connectivity index (χ4v) is 4.95.